The van der Waals surface area contributed by atoms with Gasteiger partial charge in [-0.25, -0.2) is 0 Å². The first kappa shape index (κ1) is 27.5. The minimum absolute atomic E-state index is 0.175. The largest absolute Gasteiger partial charge is 0.484 e. The Bertz CT molecular complexity index is 1200. The molecule has 0 bridgehead atoms. The molecule has 1 fully saturated rings. The van der Waals surface area contributed by atoms with E-state index in [-0.39, 0.29) is 24.0 Å². The number of imide groups is 1. The maximum absolute atomic E-state index is 12.6. The van der Waals surface area contributed by atoms with E-state index >= 15 is 0 Å². The van der Waals surface area contributed by atoms with E-state index in [2.05, 4.69) is 21.2 Å². The van der Waals surface area contributed by atoms with Crippen LogP contribution in [-0.4, -0.2) is 47.7 Å². The molecule has 36 heavy (non-hydrogen) atoms. The van der Waals surface area contributed by atoms with Gasteiger partial charge in [0.25, 0.3) is 17.1 Å². The van der Waals surface area contributed by atoms with Gasteiger partial charge in [0.1, 0.15) is 12.3 Å². The molecule has 8 nitrogen and oxygen atoms in total. The number of aryl methyl sites for hydroxylation is 2. The lowest BCUT2D eigenvalue weighted by Gasteiger charge is -2.11. The summed E-state index contributed by atoms with van der Waals surface area (Å²) >= 11 is 4.22. The molecule has 2 aromatic carbocycles. The lowest BCUT2D eigenvalue weighted by Crippen LogP contribution is -2.34. The average Bonchev–Trinajstić information content (AvgIpc) is 3.09. The summed E-state index contributed by atoms with van der Waals surface area (Å²) in [5.74, 6) is -0.969. The molecule has 0 radical (unpaired) electrons. The van der Waals surface area contributed by atoms with Crippen LogP contribution >= 0.6 is 27.7 Å². The van der Waals surface area contributed by atoms with Gasteiger partial charge in [-0.05, 0) is 95.0 Å². The highest BCUT2D eigenvalue weighted by atomic mass is 79.9. The number of thioether (sulfide) groups is 1. The first-order valence-electron chi connectivity index (χ1n) is 11.4. The number of nitrogens with zero attached hydrogens (tertiary/aromatic N) is 1. The summed E-state index contributed by atoms with van der Waals surface area (Å²) in [6.45, 7) is 5.62. The molecule has 1 aliphatic rings. The first-order chi connectivity index (χ1) is 17.2. The molecule has 1 heterocycles. The van der Waals surface area contributed by atoms with Gasteiger partial charge in [-0.1, -0.05) is 25.5 Å². The molecule has 10 heteroatoms. The molecule has 0 spiro atoms. The van der Waals surface area contributed by atoms with Crippen molar-refractivity contribution in [3.63, 3.8) is 0 Å². The highest BCUT2D eigenvalue weighted by molar-refractivity contribution is 9.10. The maximum atomic E-state index is 12.6. The van der Waals surface area contributed by atoms with Crippen LogP contribution in [0.4, 0.5) is 10.5 Å². The van der Waals surface area contributed by atoms with E-state index in [1.807, 2.05) is 32.9 Å². The standard InChI is InChI=1S/C26H27BrN2O6S/c1-4-5-10-34-24(31)14-29-25(32)22(36-26(29)33)13-18-6-8-19(9-7-18)35-15-23(30)28-21-12-17(3)16(2)11-20(21)27/h6-9,11-13H,4-5,10,14-15H2,1-3H3,(H,28,30)/b22-13+. The van der Waals surface area contributed by atoms with Gasteiger partial charge >= 0.3 is 5.97 Å². The van der Waals surface area contributed by atoms with E-state index in [0.717, 1.165) is 45.1 Å². The number of ether oxygens (including phenoxy) is 2. The second-order valence-corrected chi connectivity index (χ2v) is 10.0. The Kier molecular flexibility index (Phi) is 9.72. The number of benzene rings is 2. The van der Waals surface area contributed by atoms with Crippen LogP contribution in [0, 0.1) is 13.8 Å². The van der Waals surface area contributed by atoms with E-state index in [9.17, 15) is 19.2 Å². The van der Waals surface area contributed by atoms with Gasteiger partial charge < -0.3 is 14.8 Å². The molecule has 3 rings (SSSR count). The summed E-state index contributed by atoms with van der Waals surface area (Å²) in [7, 11) is 0. The molecule has 0 aromatic heterocycles. The second kappa shape index (κ2) is 12.7. The second-order valence-electron chi connectivity index (χ2n) is 8.16. The van der Waals surface area contributed by atoms with Crippen LogP contribution in [0.25, 0.3) is 6.08 Å². The monoisotopic (exact) mass is 574 g/mol. The molecule has 1 N–H and O–H groups in total. The van der Waals surface area contributed by atoms with Crippen molar-refractivity contribution in [1.82, 2.24) is 4.90 Å². The van der Waals surface area contributed by atoms with Gasteiger partial charge in [-0.2, -0.15) is 0 Å². The van der Waals surface area contributed by atoms with Crippen LogP contribution in [0.15, 0.2) is 45.8 Å². The lowest BCUT2D eigenvalue weighted by molar-refractivity contribution is -0.146. The molecular formula is C26H27BrN2O6S. The third-order valence-corrected chi connectivity index (χ3v) is 6.89. The van der Waals surface area contributed by atoms with Crippen molar-refractivity contribution in [2.45, 2.75) is 33.6 Å². The third-order valence-electron chi connectivity index (χ3n) is 5.33. The SMILES string of the molecule is CCCCOC(=O)CN1C(=O)S/C(=C/c2ccc(OCC(=O)Nc3cc(C)c(C)cc3Br)cc2)C1=O. The summed E-state index contributed by atoms with van der Waals surface area (Å²) in [5.41, 5.74) is 3.52. The molecule has 0 aliphatic carbocycles. The molecular weight excluding hydrogens is 548 g/mol. The van der Waals surface area contributed by atoms with E-state index in [1.54, 1.807) is 30.3 Å². The molecule has 0 atom stereocenters. The Labute approximate surface area is 222 Å². The predicted octanol–water partition coefficient (Wildman–Crippen LogP) is 5.46. The van der Waals surface area contributed by atoms with Crippen LogP contribution in [0.5, 0.6) is 5.75 Å². The maximum Gasteiger partial charge on any atom is 0.326 e. The number of hydrogen-bond acceptors (Lipinski definition) is 7. The van der Waals surface area contributed by atoms with Crippen molar-refractivity contribution >= 4 is 62.5 Å². The number of rotatable bonds is 10. The number of unbranched alkanes of at least 4 members (excludes halogenated alkanes) is 1. The van der Waals surface area contributed by atoms with Crippen LogP contribution < -0.4 is 10.1 Å². The molecule has 0 saturated carbocycles. The van der Waals surface area contributed by atoms with Crippen LogP contribution in [0.3, 0.4) is 0 Å². The number of carbonyl (C=O) groups excluding carboxylic acids is 4. The number of anilines is 1. The fraction of sp³-hybridized carbons (Fsp3) is 0.308. The van der Waals surface area contributed by atoms with E-state index < -0.39 is 23.7 Å². The zero-order valence-electron chi connectivity index (χ0n) is 20.3. The minimum atomic E-state index is -0.609. The van der Waals surface area contributed by atoms with Gasteiger partial charge in [-0.15, -0.1) is 0 Å². The zero-order chi connectivity index (χ0) is 26.2. The Hall–Kier alpha value is -3.11. The fourth-order valence-corrected chi connectivity index (χ4v) is 4.56. The number of esters is 1. The summed E-state index contributed by atoms with van der Waals surface area (Å²) < 4.78 is 11.4. The summed E-state index contributed by atoms with van der Waals surface area (Å²) in [4.78, 5) is 50.1. The van der Waals surface area contributed by atoms with E-state index in [1.165, 1.54) is 0 Å². The van der Waals surface area contributed by atoms with Gasteiger partial charge in [0.05, 0.1) is 17.2 Å². The molecule has 0 unspecified atom stereocenters. The average molecular weight is 575 g/mol. The highest BCUT2D eigenvalue weighted by Gasteiger charge is 2.36. The molecule has 1 aliphatic heterocycles. The molecule has 190 valence electrons. The van der Waals surface area contributed by atoms with Gasteiger partial charge in [0.15, 0.2) is 6.61 Å². The summed E-state index contributed by atoms with van der Waals surface area (Å²) in [6, 6.07) is 10.6. The number of hydrogen-bond donors (Lipinski definition) is 1. The van der Waals surface area contributed by atoms with Gasteiger partial charge in [-0.3, -0.25) is 24.1 Å². The van der Waals surface area contributed by atoms with Gasteiger partial charge in [0.2, 0.25) is 0 Å². The van der Waals surface area contributed by atoms with Gasteiger partial charge in [0, 0.05) is 4.47 Å². The number of halogens is 1. The van der Waals surface area contributed by atoms with Crippen LogP contribution in [0.2, 0.25) is 0 Å². The van der Waals surface area contributed by atoms with Crippen molar-refractivity contribution in [3.05, 3.63) is 62.5 Å². The van der Waals surface area contributed by atoms with Crippen molar-refractivity contribution in [1.29, 1.82) is 0 Å². The fourth-order valence-electron chi connectivity index (χ4n) is 3.16. The van der Waals surface area contributed by atoms with Crippen molar-refractivity contribution in [2.75, 3.05) is 25.1 Å². The zero-order valence-corrected chi connectivity index (χ0v) is 22.7. The molecule has 1 saturated heterocycles. The highest BCUT2D eigenvalue weighted by Crippen LogP contribution is 2.32. The first-order valence-corrected chi connectivity index (χ1v) is 13.0. The predicted molar refractivity (Wildman–Crippen MR) is 143 cm³/mol. The molecule has 3 amide bonds. The Balaban J connectivity index is 1.54. The molecule has 2 aromatic rings. The third kappa shape index (κ3) is 7.44. The quantitative estimate of drug-likeness (QED) is 0.228. The lowest BCUT2D eigenvalue weighted by atomic mass is 10.1. The number of amides is 3. The topological polar surface area (TPSA) is 102 Å². The number of carbonyl (C=O) groups is 4. The smallest absolute Gasteiger partial charge is 0.326 e. The summed E-state index contributed by atoms with van der Waals surface area (Å²) in [6.07, 6.45) is 3.17. The van der Waals surface area contributed by atoms with E-state index in [4.69, 9.17) is 9.47 Å². The van der Waals surface area contributed by atoms with Crippen LogP contribution in [0.1, 0.15) is 36.5 Å². The minimum Gasteiger partial charge on any atom is -0.484 e. The Morgan fingerprint density at radius 2 is 1.81 bits per heavy atom. The van der Waals surface area contributed by atoms with Crippen molar-refractivity contribution in [3.8, 4) is 5.75 Å². The van der Waals surface area contributed by atoms with Crippen LogP contribution in [-0.2, 0) is 19.1 Å². The Morgan fingerprint density at radius 3 is 2.50 bits per heavy atom. The normalized spacial score (nSPS) is 14.3. The number of nitrogens with one attached hydrogen (secondary N) is 1. The van der Waals surface area contributed by atoms with E-state index in [0.29, 0.717) is 17.0 Å². The van der Waals surface area contributed by atoms with Crippen molar-refractivity contribution in [2.24, 2.45) is 0 Å². The summed E-state index contributed by atoms with van der Waals surface area (Å²) in [5, 5.41) is 2.30. The Morgan fingerprint density at radius 1 is 1.11 bits per heavy atom. The van der Waals surface area contributed by atoms with Crippen molar-refractivity contribution < 1.29 is 28.7 Å².